The molecule has 5 N–H and O–H groups in total. The summed E-state index contributed by atoms with van der Waals surface area (Å²) in [5.74, 6) is -2.76. The zero-order valence-electron chi connectivity index (χ0n) is 14.0. The first-order valence-electron chi connectivity index (χ1n) is 7.74. The lowest BCUT2D eigenvalue weighted by Gasteiger charge is -2.49. The zero-order valence-corrected chi connectivity index (χ0v) is 14.8. The first-order valence-corrected chi connectivity index (χ1v) is 8.79. The van der Waals surface area contributed by atoms with Crippen LogP contribution >= 0.6 is 11.8 Å². The number of fused-ring (bicyclic) bond motifs is 1. The monoisotopic (exact) mass is 410 g/mol. The number of amides is 3. The van der Waals surface area contributed by atoms with Crippen LogP contribution in [0.4, 0.5) is 4.79 Å². The first-order chi connectivity index (χ1) is 13.3. The van der Waals surface area contributed by atoms with Crippen LogP contribution < -0.4 is 11.1 Å². The van der Waals surface area contributed by atoms with Crippen molar-refractivity contribution in [1.82, 2.24) is 10.2 Å². The van der Waals surface area contributed by atoms with Crippen LogP contribution in [-0.2, 0) is 19.1 Å². The number of nitrogens with zero attached hydrogens (tertiary/aromatic N) is 2. The molecule has 0 unspecified atom stereocenters. The van der Waals surface area contributed by atoms with Crippen LogP contribution in [0.15, 0.2) is 39.2 Å². The summed E-state index contributed by atoms with van der Waals surface area (Å²) in [6, 6.07) is 1.85. The minimum Gasteiger partial charge on any atom is -0.477 e. The number of carbonyl (C=O) groups excluding carboxylic acids is 3. The highest BCUT2D eigenvalue weighted by Crippen LogP contribution is 2.40. The maximum atomic E-state index is 12.5. The van der Waals surface area contributed by atoms with Crippen molar-refractivity contribution in [2.24, 2.45) is 10.9 Å². The van der Waals surface area contributed by atoms with Gasteiger partial charge in [-0.2, -0.15) is 0 Å². The van der Waals surface area contributed by atoms with Crippen molar-refractivity contribution in [2.75, 3.05) is 12.4 Å². The number of furan rings is 1. The maximum Gasteiger partial charge on any atom is 0.404 e. The van der Waals surface area contributed by atoms with Crippen molar-refractivity contribution in [3.63, 3.8) is 0 Å². The van der Waals surface area contributed by atoms with Crippen LogP contribution in [0, 0.1) is 0 Å². The Morgan fingerprint density at radius 2 is 2.21 bits per heavy atom. The number of β-lactam (4-membered cyclic amide) rings is 1. The molecular formula is C15H14N4O8S. The van der Waals surface area contributed by atoms with Gasteiger partial charge in [-0.25, -0.2) is 9.59 Å². The highest BCUT2D eigenvalue weighted by molar-refractivity contribution is 8.00. The number of carboxylic acids is 1. The summed E-state index contributed by atoms with van der Waals surface area (Å²) in [7, 11) is 0. The van der Waals surface area contributed by atoms with Gasteiger partial charge in [-0.1, -0.05) is 5.16 Å². The van der Waals surface area contributed by atoms with E-state index in [-0.39, 0.29) is 29.4 Å². The summed E-state index contributed by atoms with van der Waals surface area (Å²) >= 11 is 1.18. The van der Waals surface area contributed by atoms with Crippen molar-refractivity contribution < 1.29 is 38.6 Å². The van der Waals surface area contributed by atoms with Crippen LogP contribution in [0.5, 0.6) is 0 Å². The van der Waals surface area contributed by atoms with E-state index in [9.17, 15) is 24.3 Å². The Labute approximate surface area is 161 Å². The van der Waals surface area contributed by atoms with Crippen LogP contribution in [0.25, 0.3) is 0 Å². The lowest BCUT2D eigenvalue weighted by molar-refractivity contribution is -0.150. The Kier molecular flexibility index (Phi) is 5.26. The maximum absolute atomic E-state index is 12.5. The quantitative estimate of drug-likeness (QED) is 0.203. The van der Waals surface area contributed by atoms with Gasteiger partial charge in [-0.3, -0.25) is 14.5 Å². The fraction of sp³-hybridized carbons (Fsp3) is 0.267. The minimum absolute atomic E-state index is 0.00284. The normalized spacial score (nSPS) is 21.6. The Hall–Kier alpha value is -3.48. The fourth-order valence-corrected chi connectivity index (χ4v) is 4.11. The molecule has 28 heavy (non-hydrogen) atoms. The lowest BCUT2D eigenvalue weighted by atomic mass is 10.0. The minimum atomic E-state index is -1.38. The second-order valence-corrected chi connectivity index (χ2v) is 6.76. The number of carboxylic acid groups (broad SMARTS) is 1. The average molecular weight is 410 g/mol. The zero-order chi connectivity index (χ0) is 20.4. The number of nitrogens with two attached hydrogens (primary N) is 1. The predicted octanol–water partition coefficient (Wildman–Crippen LogP) is -0.708. The molecule has 3 rings (SSSR count). The number of hydrogen-bond donors (Lipinski definition) is 4. The summed E-state index contributed by atoms with van der Waals surface area (Å²) in [4.78, 5) is 48.1. The molecule has 1 aromatic heterocycles. The third-order valence-electron chi connectivity index (χ3n) is 3.99. The van der Waals surface area contributed by atoms with E-state index in [1.54, 1.807) is 0 Å². The fourth-order valence-electron chi connectivity index (χ4n) is 2.78. The molecule has 0 aromatic carbocycles. The number of carbonyl (C=O) groups is 4. The van der Waals surface area contributed by atoms with E-state index in [1.165, 1.54) is 30.2 Å². The molecule has 3 heterocycles. The number of hydrogen-bond acceptors (Lipinski definition) is 9. The molecule has 0 saturated carbocycles. The molecule has 0 aliphatic carbocycles. The first kappa shape index (κ1) is 19.3. The van der Waals surface area contributed by atoms with Gasteiger partial charge in [0, 0.05) is 11.3 Å². The molecule has 148 valence electrons. The van der Waals surface area contributed by atoms with Gasteiger partial charge in [-0.15, -0.1) is 11.8 Å². The largest absolute Gasteiger partial charge is 0.477 e. The molecule has 2 aliphatic rings. The van der Waals surface area contributed by atoms with Crippen molar-refractivity contribution in [3.05, 3.63) is 35.4 Å². The van der Waals surface area contributed by atoms with E-state index in [0.29, 0.717) is 0 Å². The molecule has 0 spiro atoms. The van der Waals surface area contributed by atoms with E-state index in [1.807, 2.05) is 0 Å². The number of aliphatic carboxylic acids is 1. The molecule has 1 aromatic rings. The van der Waals surface area contributed by atoms with E-state index >= 15 is 0 Å². The molecule has 0 radical (unpaired) electrons. The van der Waals surface area contributed by atoms with E-state index in [4.69, 9.17) is 15.4 Å². The van der Waals surface area contributed by atoms with Crippen molar-refractivity contribution in [2.45, 2.75) is 11.4 Å². The molecular weight excluding hydrogens is 396 g/mol. The molecule has 12 nitrogen and oxygen atoms in total. The Morgan fingerprint density at radius 3 is 2.79 bits per heavy atom. The van der Waals surface area contributed by atoms with Crippen LogP contribution in [0.2, 0.25) is 0 Å². The van der Waals surface area contributed by atoms with Gasteiger partial charge >= 0.3 is 12.1 Å². The van der Waals surface area contributed by atoms with Gasteiger partial charge in [0.05, 0.1) is 6.26 Å². The highest BCUT2D eigenvalue weighted by Gasteiger charge is 2.54. The molecule has 1 saturated heterocycles. The highest BCUT2D eigenvalue weighted by atomic mass is 32.2. The summed E-state index contributed by atoms with van der Waals surface area (Å²) in [5, 5.41) is 23.1. The van der Waals surface area contributed by atoms with Gasteiger partial charge in [0.15, 0.2) is 5.76 Å². The predicted molar refractivity (Wildman–Crippen MR) is 92.3 cm³/mol. The van der Waals surface area contributed by atoms with Crippen LogP contribution in [0.3, 0.4) is 0 Å². The molecule has 2 atom stereocenters. The van der Waals surface area contributed by atoms with Crippen molar-refractivity contribution in [1.29, 1.82) is 0 Å². The van der Waals surface area contributed by atoms with Gasteiger partial charge in [0.25, 0.3) is 11.8 Å². The standard InChI is InChI=1S/C15H14N4O8S/c16-15(24)27-4-6-5-28-13-9(12(21)19(13)10(6)14(22)23)17-11(20)8(18-25)7-2-1-3-26-7/h1-3,9,13,25H,4-5H2,(H2,16,24)(H,17,20)(H,22,23)/b18-8-/t9-,13-/m1/s1. The molecule has 2 aliphatic heterocycles. The SMILES string of the molecule is NC(=O)OCC1=C(C(=O)O)N2C(=O)[C@@H](NC(=O)/C(=N\O)c3ccco3)[C@H]2SC1. The topological polar surface area (TPSA) is 185 Å². The molecule has 1 fully saturated rings. The van der Waals surface area contributed by atoms with E-state index in [2.05, 4.69) is 15.2 Å². The number of nitrogens with one attached hydrogen (secondary N) is 1. The van der Waals surface area contributed by atoms with E-state index in [0.717, 1.165) is 4.90 Å². The number of primary amides is 1. The summed E-state index contributed by atoms with van der Waals surface area (Å²) < 4.78 is 9.62. The van der Waals surface area contributed by atoms with Crippen LogP contribution in [-0.4, -0.2) is 68.6 Å². The van der Waals surface area contributed by atoms with Crippen molar-refractivity contribution in [3.8, 4) is 0 Å². The Balaban J connectivity index is 1.76. The van der Waals surface area contributed by atoms with Gasteiger partial charge in [0.1, 0.15) is 23.7 Å². The second-order valence-electron chi connectivity index (χ2n) is 5.65. The van der Waals surface area contributed by atoms with Gasteiger partial charge < -0.3 is 30.5 Å². The van der Waals surface area contributed by atoms with Gasteiger partial charge in [0.2, 0.25) is 5.71 Å². The number of oxime groups is 1. The molecule has 0 bridgehead atoms. The average Bonchev–Trinajstić information content (AvgIpc) is 3.18. The number of ether oxygens (including phenoxy) is 1. The third kappa shape index (κ3) is 3.38. The summed E-state index contributed by atoms with van der Waals surface area (Å²) in [6.45, 7) is -0.364. The smallest absolute Gasteiger partial charge is 0.404 e. The van der Waals surface area contributed by atoms with Crippen molar-refractivity contribution >= 4 is 41.4 Å². The summed E-state index contributed by atoms with van der Waals surface area (Å²) in [5.41, 5.74) is 4.35. The Morgan fingerprint density at radius 1 is 1.46 bits per heavy atom. The van der Waals surface area contributed by atoms with E-state index < -0.39 is 41.0 Å². The number of thioether (sulfide) groups is 1. The number of rotatable bonds is 6. The second kappa shape index (κ2) is 7.64. The Bertz CT molecular complexity index is 894. The van der Waals surface area contributed by atoms with Crippen LogP contribution in [0.1, 0.15) is 5.76 Å². The molecule has 3 amide bonds. The molecule has 13 heteroatoms. The summed E-state index contributed by atoms with van der Waals surface area (Å²) in [6.07, 6.45) is 0.207. The third-order valence-corrected chi connectivity index (χ3v) is 5.33. The lowest BCUT2D eigenvalue weighted by Crippen LogP contribution is -2.71. The van der Waals surface area contributed by atoms with Gasteiger partial charge in [-0.05, 0) is 12.1 Å².